The molecule has 1 saturated heterocycles. The summed E-state index contributed by atoms with van der Waals surface area (Å²) in [5.41, 5.74) is 0.760. The maximum atomic E-state index is 11.7. The smallest absolute Gasteiger partial charge is 0.230 e. The number of aromatic hydroxyl groups is 1. The molecule has 1 aromatic rings. The Bertz CT molecular complexity index is 424. The first-order valence-corrected chi connectivity index (χ1v) is 5.24. The van der Waals surface area contributed by atoms with Crippen LogP contribution in [0.25, 0.3) is 0 Å². The second kappa shape index (κ2) is 3.96. The number of carbonyl (C=O) groups is 2. The molecule has 1 atom stereocenters. The van der Waals surface area contributed by atoms with E-state index in [4.69, 9.17) is 0 Å². The van der Waals surface area contributed by atoms with Gasteiger partial charge in [0.1, 0.15) is 11.8 Å². The number of likely N-dealkylation sites (N-methyl/N-ethyl adjacent to an activating group) is 1. The van der Waals surface area contributed by atoms with Gasteiger partial charge in [-0.3, -0.25) is 9.59 Å². The van der Waals surface area contributed by atoms with Crippen molar-refractivity contribution in [3.8, 4) is 5.75 Å². The molecule has 0 radical (unpaired) electrons. The van der Waals surface area contributed by atoms with Crippen molar-refractivity contribution in [2.75, 3.05) is 6.54 Å². The molecule has 1 amide bonds. The number of Topliss-reactive ketones (excluding diaryl/α,β-unsaturated/α-hetero) is 1. The minimum absolute atomic E-state index is 0.0145. The van der Waals surface area contributed by atoms with E-state index in [-0.39, 0.29) is 23.9 Å². The van der Waals surface area contributed by atoms with Gasteiger partial charge in [-0.1, -0.05) is 12.1 Å². The van der Waals surface area contributed by atoms with E-state index in [1.54, 1.807) is 17.0 Å². The molecule has 1 aromatic carbocycles. The lowest BCUT2D eigenvalue weighted by Gasteiger charge is -2.22. The summed E-state index contributed by atoms with van der Waals surface area (Å²) < 4.78 is 0. The van der Waals surface area contributed by atoms with Gasteiger partial charge in [0.2, 0.25) is 5.91 Å². The average molecular weight is 219 g/mol. The Morgan fingerprint density at radius 3 is 2.50 bits per heavy atom. The molecule has 0 aromatic heterocycles. The third-order valence-corrected chi connectivity index (χ3v) is 2.81. The number of rotatable bonds is 2. The first-order valence-electron chi connectivity index (χ1n) is 5.24. The van der Waals surface area contributed by atoms with E-state index in [1.807, 2.05) is 6.92 Å². The van der Waals surface area contributed by atoms with Gasteiger partial charge in [-0.2, -0.15) is 0 Å². The van der Waals surface area contributed by atoms with Crippen molar-refractivity contribution in [2.24, 2.45) is 0 Å². The Hall–Kier alpha value is -1.84. The number of ketones is 1. The first-order chi connectivity index (χ1) is 7.63. The summed E-state index contributed by atoms with van der Waals surface area (Å²) in [6, 6.07) is 5.94. The van der Waals surface area contributed by atoms with Crippen LogP contribution in [0.5, 0.6) is 5.75 Å². The molecule has 84 valence electrons. The molecule has 1 aliphatic rings. The van der Waals surface area contributed by atoms with E-state index in [0.29, 0.717) is 6.54 Å². The number of benzene rings is 1. The van der Waals surface area contributed by atoms with Crippen molar-refractivity contribution in [1.29, 1.82) is 0 Å². The molecule has 1 heterocycles. The first kappa shape index (κ1) is 10.7. The second-order valence-electron chi connectivity index (χ2n) is 3.82. The van der Waals surface area contributed by atoms with Crippen LogP contribution in [0.2, 0.25) is 0 Å². The molecule has 4 heteroatoms. The molecule has 0 bridgehead atoms. The molecular weight excluding hydrogens is 206 g/mol. The number of likely N-dealkylation sites (tertiary alicyclic amines) is 1. The van der Waals surface area contributed by atoms with Gasteiger partial charge in [0.25, 0.3) is 0 Å². The number of carbonyl (C=O) groups excluding carboxylic acids is 2. The minimum Gasteiger partial charge on any atom is -0.508 e. The second-order valence-corrected chi connectivity index (χ2v) is 3.82. The van der Waals surface area contributed by atoms with Crippen LogP contribution in [0, 0.1) is 0 Å². The van der Waals surface area contributed by atoms with Gasteiger partial charge in [0.05, 0.1) is 6.42 Å². The molecular formula is C12H13NO3. The maximum Gasteiger partial charge on any atom is 0.230 e. The normalized spacial score (nSPS) is 20.6. The molecule has 4 nitrogen and oxygen atoms in total. The van der Waals surface area contributed by atoms with Gasteiger partial charge in [-0.15, -0.1) is 0 Å². The zero-order chi connectivity index (χ0) is 11.7. The number of nitrogens with zero attached hydrogens (tertiary/aromatic N) is 1. The van der Waals surface area contributed by atoms with Crippen LogP contribution >= 0.6 is 0 Å². The topological polar surface area (TPSA) is 57.6 Å². The van der Waals surface area contributed by atoms with Crippen LogP contribution in [-0.2, 0) is 9.59 Å². The SMILES string of the molecule is CCN1C(=O)CC(=O)C1c1ccc(O)cc1. The molecule has 0 aliphatic carbocycles. The fourth-order valence-electron chi connectivity index (χ4n) is 2.05. The predicted molar refractivity (Wildman–Crippen MR) is 57.9 cm³/mol. The summed E-state index contributed by atoms with van der Waals surface area (Å²) in [7, 11) is 0. The summed E-state index contributed by atoms with van der Waals surface area (Å²) >= 11 is 0. The summed E-state index contributed by atoms with van der Waals surface area (Å²) in [4.78, 5) is 24.8. The highest BCUT2D eigenvalue weighted by Crippen LogP contribution is 2.30. The van der Waals surface area contributed by atoms with Crippen molar-refractivity contribution >= 4 is 11.7 Å². The summed E-state index contributed by atoms with van der Waals surface area (Å²) in [5.74, 6) is -0.0355. The fourth-order valence-corrected chi connectivity index (χ4v) is 2.05. The third-order valence-electron chi connectivity index (χ3n) is 2.81. The van der Waals surface area contributed by atoms with Crippen molar-refractivity contribution < 1.29 is 14.7 Å². The number of phenols is 1. The van der Waals surface area contributed by atoms with Crippen molar-refractivity contribution in [3.63, 3.8) is 0 Å². The van der Waals surface area contributed by atoms with Crippen LogP contribution in [0.4, 0.5) is 0 Å². The van der Waals surface area contributed by atoms with E-state index in [0.717, 1.165) is 5.56 Å². The van der Waals surface area contributed by atoms with Crippen molar-refractivity contribution in [3.05, 3.63) is 29.8 Å². The number of hydrogen-bond acceptors (Lipinski definition) is 3. The highest BCUT2D eigenvalue weighted by atomic mass is 16.3. The fraction of sp³-hybridized carbons (Fsp3) is 0.333. The molecule has 1 fully saturated rings. The number of hydrogen-bond donors (Lipinski definition) is 1. The molecule has 1 unspecified atom stereocenters. The Kier molecular flexibility index (Phi) is 2.64. The molecule has 0 spiro atoms. The van der Waals surface area contributed by atoms with E-state index in [2.05, 4.69) is 0 Å². The molecule has 2 rings (SSSR count). The summed E-state index contributed by atoms with van der Waals surface area (Å²) in [6.45, 7) is 2.38. The van der Waals surface area contributed by atoms with Crippen LogP contribution in [-0.4, -0.2) is 28.2 Å². The molecule has 1 aliphatic heterocycles. The van der Waals surface area contributed by atoms with E-state index >= 15 is 0 Å². The quantitative estimate of drug-likeness (QED) is 0.762. The number of phenolic OH excluding ortho intramolecular Hbond substituents is 1. The Balaban J connectivity index is 2.35. The highest BCUT2D eigenvalue weighted by Gasteiger charge is 2.38. The Labute approximate surface area is 93.5 Å². The minimum atomic E-state index is -0.474. The lowest BCUT2D eigenvalue weighted by atomic mass is 10.0. The van der Waals surface area contributed by atoms with Gasteiger partial charge >= 0.3 is 0 Å². The Morgan fingerprint density at radius 2 is 1.94 bits per heavy atom. The maximum absolute atomic E-state index is 11.7. The number of amides is 1. The summed E-state index contributed by atoms with van der Waals surface area (Å²) in [5, 5.41) is 9.17. The predicted octanol–water partition coefficient (Wildman–Crippen LogP) is 1.25. The lowest BCUT2D eigenvalue weighted by Crippen LogP contribution is -2.28. The van der Waals surface area contributed by atoms with Gasteiger partial charge in [0, 0.05) is 6.54 Å². The third kappa shape index (κ3) is 1.66. The molecule has 0 saturated carbocycles. The highest BCUT2D eigenvalue weighted by molar-refractivity contribution is 6.07. The summed E-state index contributed by atoms with van der Waals surface area (Å²) in [6.07, 6.45) is -0.0145. The van der Waals surface area contributed by atoms with E-state index in [9.17, 15) is 14.7 Å². The lowest BCUT2D eigenvalue weighted by molar-refractivity contribution is -0.128. The Morgan fingerprint density at radius 1 is 1.31 bits per heavy atom. The zero-order valence-corrected chi connectivity index (χ0v) is 9.01. The monoisotopic (exact) mass is 219 g/mol. The van der Waals surface area contributed by atoms with Crippen molar-refractivity contribution in [2.45, 2.75) is 19.4 Å². The molecule has 16 heavy (non-hydrogen) atoms. The largest absolute Gasteiger partial charge is 0.508 e. The van der Waals surface area contributed by atoms with Gasteiger partial charge < -0.3 is 10.0 Å². The standard InChI is InChI=1S/C12H13NO3/c1-2-13-11(16)7-10(15)12(13)8-3-5-9(14)6-4-8/h3-6,12,14H,2,7H2,1H3. The average Bonchev–Trinajstić information content (AvgIpc) is 2.54. The van der Waals surface area contributed by atoms with Crippen molar-refractivity contribution in [1.82, 2.24) is 4.90 Å². The van der Waals surface area contributed by atoms with E-state index in [1.165, 1.54) is 12.1 Å². The van der Waals surface area contributed by atoms with Crippen LogP contribution in [0.3, 0.4) is 0 Å². The van der Waals surface area contributed by atoms with Gasteiger partial charge in [0.15, 0.2) is 5.78 Å². The van der Waals surface area contributed by atoms with E-state index < -0.39 is 6.04 Å². The zero-order valence-electron chi connectivity index (χ0n) is 9.01. The van der Waals surface area contributed by atoms with Gasteiger partial charge in [-0.05, 0) is 24.6 Å². The van der Waals surface area contributed by atoms with Crippen LogP contribution in [0.1, 0.15) is 24.9 Å². The van der Waals surface area contributed by atoms with Crippen LogP contribution < -0.4 is 0 Å². The molecule has 1 N–H and O–H groups in total. The van der Waals surface area contributed by atoms with Gasteiger partial charge in [-0.25, -0.2) is 0 Å². The van der Waals surface area contributed by atoms with Crippen LogP contribution in [0.15, 0.2) is 24.3 Å².